The minimum atomic E-state index is 0.173. The lowest BCUT2D eigenvalue weighted by Gasteiger charge is -2.37. The summed E-state index contributed by atoms with van der Waals surface area (Å²) >= 11 is 1.75. The summed E-state index contributed by atoms with van der Waals surface area (Å²) in [4.78, 5) is 18.7. The molecule has 4 nitrogen and oxygen atoms in total. The van der Waals surface area contributed by atoms with Gasteiger partial charge >= 0.3 is 0 Å². The van der Waals surface area contributed by atoms with Crippen molar-refractivity contribution in [2.75, 3.05) is 37.6 Å². The number of benzene rings is 2. The van der Waals surface area contributed by atoms with Crippen LogP contribution in [0.25, 0.3) is 0 Å². The van der Waals surface area contributed by atoms with Gasteiger partial charge in [-0.2, -0.15) is 0 Å². The van der Waals surface area contributed by atoms with E-state index in [0.717, 1.165) is 26.2 Å². The van der Waals surface area contributed by atoms with E-state index in [1.54, 1.807) is 11.3 Å². The van der Waals surface area contributed by atoms with Gasteiger partial charge in [0.05, 0.1) is 4.88 Å². The van der Waals surface area contributed by atoms with Gasteiger partial charge in [-0.15, -0.1) is 11.3 Å². The van der Waals surface area contributed by atoms with Gasteiger partial charge in [0.15, 0.2) is 6.54 Å². The molecule has 4 rings (SSSR count). The van der Waals surface area contributed by atoms with Crippen molar-refractivity contribution in [3.63, 3.8) is 0 Å². The van der Waals surface area contributed by atoms with E-state index in [4.69, 9.17) is 0 Å². The molecule has 2 heterocycles. The lowest BCUT2D eigenvalue weighted by Crippen LogP contribution is -2.87. The Bertz CT molecular complexity index is 963. The molecule has 1 saturated heterocycles. The second-order valence-electron chi connectivity index (χ2n) is 7.93. The predicted octanol–water partition coefficient (Wildman–Crippen LogP) is 3.37. The van der Waals surface area contributed by atoms with E-state index in [2.05, 4.69) is 84.0 Å². The molecule has 2 aromatic carbocycles. The highest BCUT2D eigenvalue weighted by Crippen LogP contribution is 2.24. The normalized spacial score (nSPS) is 15.3. The number of hydrogen-bond donors (Lipinski definition) is 1. The molecular formula is C25H30N3OS+. The first-order chi connectivity index (χ1) is 14.6. The monoisotopic (exact) mass is 420 g/mol. The highest BCUT2D eigenvalue weighted by atomic mass is 32.1. The van der Waals surface area contributed by atoms with Gasteiger partial charge < -0.3 is 15.1 Å². The molecule has 1 amide bonds. The van der Waals surface area contributed by atoms with Crippen LogP contribution in [0.5, 0.6) is 0 Å². The van der Waals surface area contributed by atoms with Crippen LogP contribution in [0.3, 0.4) is 0 Å². The van der Waals surface area contributed by atoms with E-state index in [0.29, 0.717) is 6.54 Å². The maximum atomic E-state index is 12.9. The molecule has 0 spiro atoms. The van der Waals surface area contributed by atoms with Crippen LogP contribution in [-0.4, -0.2) is 43.5 Å². The highest BCUT2D eigenvalue weighted by Gasteiger charge is 2.25. The number of aryl methyl sites for hydroxylation is 1. The number of anilines is 1. The number of carbonyl (C=O) groups excluding carboxylic acids is 1. The number of amides is 1. The van der Waals surface area contributed by atoms with Gasteiger partial charge in [0, 0.05) is 37.4 Å². The van der Waals surface area contributed by atoms with Crippen molar-refractivity contribution in [2.24, 2.45) is 0 Å². The zero-order chi connectivity index (χ0) is 20.9. The molecule has 0 saturated carbocycles. The second kappa shape index (κ2) is 9.45. The van der Waals surface area contributed by atoms with Gasteiger partial charge in [0.25, 0.3) is 5.91 Å². The van der Waals surface area contributed by atoms with E-state index in [1.807, 2.05) is 11.0 Å². The zero-order valence-corrected chi connectivity index (χ0v) is 18.6. The van der Waals surface area contributed by atoms with Gasteiger partial charge in [0.1, 0.15) is 6.04 Å². The van der Waals surface area contributed by atoms with Crippen molar-refractivity contribution in [1.82, 2.24) is 4.90 Å². The molecule has 1 aromatic heterocycles. The predicted molar refractivity (Wildman–Crippen MR) is 124 cm³/mol. The first kappa shape index (κ1) is 20.6. The van der Waals surface area contributed by atoms with Gasteiger partial charge in [-0.05, 0) is 42.5 Å². The molecular weight excluding hydrogens is 390 g/mol. The molecule has 5 heteroatoms. The van der Waals surface area contributed by atoms with Crippen molar-refractivity contribution in [1.29, 1.82) is 0 Å². The molecule has 0 radical (unpaired) electrons. The molecule has 1 fully saturated rings. The largest absolute Gasteiger partial charge is 0.368 e. The minimum absolute atomic E-state index is 0.173. The Morgan fingerprint density at radius 1 is 0.967 bits per heavy atom. The van der Waals surface area contributed by atoms with E-state index in [9.17, 15) is 4.79 Å². The Labute approximate surface area is 183 Å². The number of carbonyl (C=O) groups is 1. The number of hydrogen-bond acceptors (Lipinski definition) is 3. The van der Waals surface area contributed by atoms with Gasteiger partial charge in [0.2, 0.25) is 0 Å². The summed E-state index contributed by atoms with van der Waals surface area (Å²) in [6.07, 6.45) is 0. The quantitative estimate of drug-likeness (QED) is 0.664. The number of nitrogens with zero attached hydrogens (tertiary/aromatic N) is 2. The van der Waals surface area contributed by atoms with Crippen molar-refractivity contribution in [3.8, 4) is 0 Å². The van der Waals surface area contributed by atoms with Crippen LogP contribution in [-0.2, 0) is 4.79 Å². The third-order valence-corrected chi connectivity index (χ3v) is 7.04. The van der Waals surface area contributed by atoms with Crippen LogP contribution in [0.1, 0.15) is 27.6 Å². The fraction of sp³-hybridized carbons (Fsp3) is 0.320. The van der Waals surface area contributed by atoms with Crippen molar-refractivity contribution in [2.45, 2.75) is 19.9 Å². The van der Waals surface area contributed by atoms with Gasteiger partial charge in [-0.25, -0.2) is 0 Å². The zero-order valence-electron chi connectivity index (χ0n) is 17.8. The smallest absolute Gasteiger partial charge is 0.277 e. The Morgan fingerprint density at radius 3 is 2.43 bits per heavy atom. The standard InChI is InChI=1S/C25H29N3OS/c1-19-8-6-11-22(20(19)2)27-13-15-28(16-14-27)24(29)18-26-25(23-12-7-17-30-23)21-9-4-3-5-10-21/h3-12,17,25-26H,13-16,18H2,1-2H3/p+1/t25-/m1/s1. The Balaban J connectivity index is 1.36. The number of nitrogens with two attached hydrogens (primary N) is 1. The van der Waals surface area contributed by atoms with Crippen molar-refractivity contribution < 1.29 is 10.1 Å². The van der Waals surface area contributed by atoms with Crippen LogP contribution >= 0.6 is 11.3 Å². The van der Waals surface area contributed by atoms with E-state index in [-0.39, 0.29) is 11.9 Å². The maximum absolute atomic E-state index is 12.9. The summed E-state index contributed by atoms with van der Waals surface area (Å²) < 4.78 is 0. The molecule has 156 valence electrons. The topological polar surface area (TPSA) is 40.2 Å². The third kappa shape index (κ3) is 4.58. The second-order valence-corrected chi connectivity index (χ2v) is 8.91. The average Bonchev–Trinajstić information content (AvgIpc) is 3.31. The fourth-order valence-corrected chi connectivity index (χ4v) is 5.02. The van der Waals surface area contributed by atoms with Crippen molar-refractivity contribution in [3.05, 3.63) is 87.6 Å². The van der Waals surface area contributed by atoms with E-state index in [1.165, 1.54) is 27.3 Å². The SMILES string of the molecule is Cc1cccc(N2CCN(C(=O)C[NH2+][C@H](c3ccccc3)c3cccs3)CC2)c1C. The van der Waals surface area contributed by atoms with Gasteiger partial charge in [-0.3, -0.25) is 4.79 Å². The number of quaternary nitrogens is 1. The molecule has 2 N–H and O–H groups in total. The van der Waals surface area contributed by atoms with E-state index < -0.39 is 0 Å². The first-order valence-electron chi connectivity index (χ1n) is 10.6. The molecule has 3 aromatic rings. The van der Waals surface area contributed by atoms with Crippen molar-refractivity contribution >= 4 is 22.9 Å². The first-order valence-corrected chi connectivity index (χ1v) is 11.5. The molecule has 0 aliphatic carbocycles. The summed E-state index contributed by atoms with van der Waals surface area (Å²) in [6, 6.07) is 21.4. The summed E-state index contributed by atoms with van der Waals surface area (Å²) in [5, 5.41) is 4.29. The lowest BCUT2D eigenvalue weighted by atomic mass is 10.1. The van der Waals surface area contributed by atoms with Crippen LogP contribution in [0, 0.1) is 13.8 Å². The van der Waals surface area contributed by atoms with Crippen LogP contribution in [0.15, 0.2) is 66.0 Å². The fourth-order valence-electron chi connectivity index (χ4n) is 4.17. The number of rotatable bonds is 6. The summed E-state index contributed by atoms with van der Waals surface area (Å²) in [6.45, 7) is 8.17. The Morgan fingerprint density at radius 2 is 1.73 bits per heavy atom. The summed E-state index contributed by atoms with van der Waals surface area (Å²) in [5.74, 6) is 0.230. The molecule has 1 aliphatic rings. The average molecular weight is 421 g/mol. The lowest BCUT2D eigenvalue weighted by molar-refractivity contribution is -0.676. The third-order valence-electron chi connectivity index (χ3n) is 6.09. The van der Waals surface area contributed by atoms with E-state index >= 15 is 0 Å². The molecule has 1 aliphatic heterocycles. The van der Waals surface area contributed by atoms with Crippen LogP contribution < -0.4 is 10.2 Å². The van der Waals surface area contributed by atoms with Crippen LogP contribution in [0.4, 0.5) is 5.69 Å². The summed E-state index contributed by atoms with van der Waals surface area (Å²) in [7, 11) is 0. The minimum Gasteiger partial charge on any atom is -0.368 e. The molecule has 30 heavy (non-hydrogen) atoms. The molecule has 1 atom stereocenters. The maximum Gasteiger partial charge on any atom is 0.277 e. The number of piperazine rings is 1. The highest BCUT2D eigenvalue weighted by molar-refractivity contribution is 7.10. The summed E-state index contributed by atoms with van der Waals surface area (Å²) in [5.41, 5.74) is 5.20. The van der Waals surface area contributed by atoms with Crippen LogP contribution in [0.2, 0.25) is 0 Å². The van der Waals surface area contributed by atoms with Gasteiger partial charge in [-0.1, -0.05) is 48.5 Å². The number of thiophene rings is 1. The Kier molecular flexibility index (Phi) is 6.50. The molecule has 0 unspecified atom stereocenters. The Hall–Kier alpha value is -2.63. The molecule has 0 bridgehead atoms.